The molecule has 4 N–H and O–H groups in total. The minimum Gasteiger partial charge on any atom is -0.366 e. The summed E-state index contributed by atoms with van der Waals surface area (Å²) >= 11 is 6.20. The van der Waals surface area contributed by atoms with Crippen molar-refractivity contribution in [1.29, 1.82) is 0 Å². The Hall–Kier alpha value is -1.10. The first-order valence-electron chi connectivity index (χ1n) is 6.61. The molecule has 1 aliphatic heterocycles. The zero-order valence-corrected chi connectivity index (χ0v) is 11.7. The molecule has 1 aromatic rings. The molecule has 1 saturated heterocycles. The van der Waals surface area contributed by atoms with E-state index in [1.54, 1.807) is 12.1 Å². The van der Waals surface area contributed by atoms with Gasteiger partial charge in [-0.25, -0.2) is 0 Å². The molecule has 0 spiro atoms. The van der Waals surface area contributed by atoms with E-state index >= 15 is 0 Å². The fraction of sp³-hybridized carbons (Fsp3) is 0.500. The molecule has 0 aromatic heterocycles. The number of hydrogen-bond acceptors (Lipinski definition) is 3. The van der Waals surface area contributed by atoms with E-state index in [1.807, 2.05) is 6.07 Å². The Bertz CT molecular complexity index is 464. The Kier molecular flexibility index (Phi) is 4.80. The zero-order valence-electron chi connectivity index (χ0n) is 10.9. The van der Waals surface area contributed by atoms with E-state index in [-0.39, 0.29) is 0 Å². The van der Waals surface area contributed by atoms with Crippen LogP contribution in [0.5, 0.6) is 0 Å². The number of hydrogen-bond donors (Lipinski definition) is 2. The van der Waals surface area contributed by atoms with Gasteiger partial charge in [0.05, 0.1) is 0 Å². The van der Waals surface area contributed by atoms with Crippen molar-refractivity contribution in [2.24, 2.45) is 17.4 Å². The van der Waals surface area contributed by atoms with Crippen molar-refractivity contribution < 1.29 is 4.79 Å². The van der Waals surface area contributed by atoms with E-state index in [0.717, 1.165) is 31.7 Å². The molecule has 1 aliphatic rings. The highest BCUT2D eigenvalue weighted by Crippen LogP contribution is 2.22. The van der Waals surface area contributed by atoms with Crippen LogP contribution in [0.4, 0.5) is 0 Å². The van der Waals surface area contributed by atoms with Crippen molar-refractivity contribution in [2.45, 2.75) is 19.4 Å². The molecule has 0 saturated carbocycles. The van der Waals surface area contributed by atoms with Gasteiger partial charge in [-0.3, -0.25) is 9.69 Å². The van der Waals surface area contributed by atoms with E-state index < -0.39 is 5.91 Å². The molecule has 1 atom stereocenters. The number of amides is 1. The van der Waals surface area contributed by atoms with Crippen molar-refractivity contribution in [2.75, 3.05) is 19.6 Å². The molecule has 0 bridgehead atoms. The van der Waals surface area contributed by atoms with Crippen LogP contribution in [-0.2, 0) is 6.54 Å². The lowest BCUT2D eigenvalue weighted by atomic mass is 9.98. The van der Waals surface area contributed by atoms with E-state index in [9.17, 15) is 4.79 Å². The van der Waals surface area contributed by atoms with Crippen LogP contribution in [-0.4, -0.2) is 30.4 Å². The maximum atomic E-state index is 11.1. The Balaban J connectivity index is 2.04. The Labute approximate surface area is 118 Å². The molecular weight excluding hydrogens is 262 g/mol. The quantitative estimate of drug-likeness (QED) is 0.881. The Morgan fingerprint density at radius 2 is 2.26 bits per heavy atom. The van der Waals surface area contributed by atoms with Crippen LogP contribution in [0.1, 0.15) is 28.8 Å². The minimum atomic E-state index is -0.449. The van der Waals surface area contributed by atoms with Crippen molar-refractivity contribution in [3.63, 3.8) is 0 Å². The Morgan fingerprint density at radius 1 is 1.47 bits per heavy atom. The molecule has 1 unspecified atom stereocenters. The number of nitrogens with zero attached hydrogens (tertiary/aromatic N) is 1. The van der Waals surface area contributed by atoms with Crippen molar-refractivity contribution in [3.8, 4) is 0 Å². The second kappa shape index (κ2) is 6.37. The van der Waals surface area contributed by atoms with Gasteiger partial charge in [-0.1, -0.05) is 17.7 Å². The normalized spacial score (nSPS) is 20.4. The van der Waals surface area contributed by atoms with Gasteiger partial charge >= 0.3 is 0 Å². The molecule has 1 heterocycles. The standard InChI is InChI=1S/C14H20ClN3O/c15-13-6-11(14(17)19)3-4-12(13)9-18-5-1-2-10(7-16)8-18/h3-4,6,10H,1-2,5,7-9,16H2,(H2,17,19). The summed E-state index contributed by atoms with van der Waals surface area (Å²) in [5, 5.41) is 0.603. The number of primary amides is 1. The maximum absolute atomic E-state index is 11.1. The summed E-state index contributed by atoms with van der Waals surface area (Å²) in [6.45, 7) is 3.63. The molecule has 19 heavy (non-hydrogen) atoms. The van der Waals surface area contributed by atoms with E-state index in [1.165, 1.54) is 12.8 Å². The number of likely N-dealkylation sites (tertiary alicyclic amines) is 1. The number of nitrogens with two attached hydrogens (primary N) is 2. The third kappa shape index (κ3) is 3.69. The first-order chi connectivity index (χ1) is 9.10. The number of carbonyl (C=O) groups is 1. The van der Waals surface area contributed by atoms with Crippen LogP contribution < -0.4 is 11.5 Å². The van der Waals surface area contributed by atoms with Crippen molar-refractivity contribution >= 4 is 17.5 Å². The third-order valence-electron chi connectivity index (χ3n) is 3.67. The van der Waals surface area contributed by atoms with Gasteiger partial charge < -0.3 is 11.5 Å². The largest absolute Gasteiger partial charge is 0.366 e. The van der Waals surface area contributed by atoms with Gasteiger partial charge in [-0.15, -0.1) is 0 Å². The van der Waals surface area contributed by atoms with Crippen LogP contribution >= 0.6 is 11.6 Å². The molecule has 104 valence electrons. The molecule has 0 radical (unpaired) electrons. The van der Waals surface area contributed by atoms with Crippen LogP contribution in [0.25, 0.3) is 0 Å². The highest BCUT2D eigenvalue weighted by Gasteiger charge is 2.19. The molecule has 0 aliphatic carbocycles. The highest BCUT2D eigenvalue weighted by atomic mass is 35.5. The fourth-order valence-corrected chi connectivity index (χ4v) is 2.80. The second-order valence-electron chi connectivity index (χ2n) is 5.15. The third-order valence-corrected chi connectivity index (χ3v) is 4.02. The summed E-state index contributed by atoms with van der Waals surface area (Å²) in [6, 6.07) is 5.26. The van der Waals surface area contributed by atoms with Gasteiger partial charge in [0, 0.05) is 23.7 Å². The number of rotatable bonds is 4. The summed E-state index contributed by atoms with van der Waals surface area (Å²) in [6.07, 6.45) is 2.39. The van der Waals surface area contributed by atoms with Crippen molar-refractivity contribution in [1.82, 2.24) is 4.90 Å². The minimum absolute atomic E-state index is 0.449. The van der Waals surface area contributed by atoms with Gasteiger partial charge in [0.1, 0.15) is 0 Å². The predicted molar refractivity (Wildman–Crippen MR) is 77.0 cm³/mol. The van der Waals surface area contributed by atoms with Gasteiger partial charge in [0.2, 0.25) is 5.91 Å². The SMILES string of the molecule is NCC1CCCN(Cc2ccc(C(N)=O)cc2Cl)C1. The van der Waals surface area contributed by atoms with Gasteiger partial charge in [-0.05, 0) is 49.5 Å². The zero-order chi connectivity index (χ0) is 13.8. The topological polar surface area (TPSA) is 72.3 Å². The van der Waals surface area contributed by atoms with Crippen LogP contribution in [0, 0.1) is 5.92 Å². The van der Waals surface area contributed by atoms with Crippen LogP contribution in [0.3, 0.4) is 0 Å². The van der Waals surface area contributed by atoms with Crippen LogP contribution in [0.15, 0.2) is 18.2 Å². The lowest BCUT2D eigenvalue weighted by Gasteiger charge is -2.32. The van der Waals surface area contributed by atoms with Gasteiger partial charge in [-0.2, -0.15) is 0 Å². The fourth-order valence-electron chi connectivity index (χ4n) is 2.56. The summed E-state index contributed by atoms with van der Waals surface area (Å²) in [7, 11) is 0. The predicted octanol–water partition coefficient (Wildman–Crippen LogP) is 1.61. The first kappa shape index (κ1) is 14.3. The van der Waals surface area contributed by atoms with E-state index in [0.29, 0.717) is 16.5 Å². The molecule has 1 fully saturated rings. The number of halogens is 1. The average molecular weight is 282 g/mol. The summed E-state index contributed by atoms with van der Waals surface area (Å²) in [5.41, 5.74) is 12.5. The Morgan fingerprint density at radius 3 is 2.89 bits per heavy atom. The summed E-state index contributed by atoms with van der Waals surface area (Å²) in [4.78, 5) is 13.4. The van der Waals surface area contributed by atoms with Gasteiger partial charge in [0.25, 0.3) is 0 Å². The van der Waals surface area contributed by atoms with Crippen molar-refractivity contribution in [3.05, 3.63) is 34.3 Å². The molecule has 2 rings (SSSR count). The van der Waals surface area contributed by atoms with E-state index in [4.69, 9.17) is 23.1 Å². The average Bonchev–Trinajstić information content (AvgIpc) is 2.41. The number of carbonyl (C=O) groups excluding carboxylic acids is 1. The first-order valence-corrected chi connectivity index (χ1v) is 6.98. The lowest BCUT2D eigenvalue weighted by molar-refractivity contribution is 0.100. The van der Waals surface area contributed by atoms with Crippen LogP contribution in [0.2, 0.25) is 5.02 Å². The monoisotopic (exact) mass is 281 g/mol. The highest BCUT2D eigenvalue weighted by molar-refractivity contribution is 6.31. The summed E-state index contributed by atoms with van der Waals surface area (Å²) < 4.78 is 0. The second-order valence-corrected chi connectivity index (χ2v) is 5.56. The van der Waals surface area contributed by atoms with E-state index in [2.05, 4.69) is 4.90 Å². The number of piperidine rings is 1. The maximum Gasteiger partial charge on any atom is 0.248 e. The molecule has 4 nitrogen and oxygen atoms in total. The van der Waals surface area contributed by atoms with Gasteiger partial charge in [0.15, 0.2) is 0 Å². The lowest BCUT2D eigenvalue weighted by Crippen LogP contribution is -2.37. The molecular formula is C14H20ClN3O. The summed E-state index contributed by atoms with van der Waals surface area (Å²) in [5.74, 6) is 0.132. The molecule has 5 heteroatoms. The molecule has 1 amide bonds. The molecule has 1 aromatic carbocycles. The smallest absolute Gasteiger partial charge is 0.248 e. The number of benzene rings is 1.